The van der Waals surface area contributed by atoms with Crippen molar-refractivity contribution in [2.75, 3.05) is 6.54 Å². The Hall–Kier alpha value is -0.960. The number of nitrogens with one attached hydrogen (secondary N) is 1. The van der Waals surface area contributed by atoms with Crippen LogP contribution in [0.4, 0.5) is 0 Å². The summed E-state index contributed by atoms with van der Waals surface area (Å²) in [5.74, 6) is 0. The minimum absolute atomic E-state index is 0.579. The second-order valence-corrected chi connectivity index (χ2v) is 4.90. The lowest BCUT2D eigenvalue weighted by molar-refractivity contribution is 0.656. The van der Waals surface area contributed by atoms with Gasteiger partial charge in [0.25, 0.3) is 0 Å². The molecule has 0 aliphatic rings. The van der Waals surface area contributed by atoms with Crippen LogP contribution in [0.15, 0.2) is 36.5 Å². The highest BCUT2D eigenvalue weighted by Gasteiger charge is 2.08. The first kappa shape index (κ1) is 13.5. The number of halogens is 2. The molecule has 0 aliphatic heterocycles. The molecule has 0 fully saturated rings. The van der Waals surface area contributed by atoms with Gasteiger partial charge in [0.05, 0.1) is 15.7 Å². The van der Waals surface area contributed by atoms with Crippen molar-refractivity contribution in [2.24, 2.45) is 0 Å². The fraction of sp³-hybridized carbons (Fsp3) is 0.286. The zero-order valence-electron chi connectivity index (χ0n) is 10.3. The number of hydrogen-bond donors (Lipinski definition) is 1. The summed E-state index contributed by atoms with van der Waals surface area (Å²) in [4.78, 5) is 0. The Morgan fingerprint density at radius 2 is 2.00 bits per heavy atom. The summed E-state index contributed by atoms with van der Waals surface area (Å²) in [5.41, 5.74) is 2.09. The van der Waals surface area contributed by atoms with Gasteiger partial charge in [-0.1, -0.05) is 36.2 Å². The van der Waals surface area contributed by atoms with Crippen LogP contribution in [-0.2, 0) is 6.54 Å². The molecule has 2 nitrogen and oxygen atoms in total. The molecule has 0 bridgehead atoms. The third kappa shape index (κ3) is 2.89. The molecule has 0 saturated carbocycles. The second-order valence-electron chi connectivity index (χ2n) is 4.12. The van der Waals surface area contributed by atoms with Gasteiger partial charge in [0.15, 0.2) is 0 Å². The van der Waals surface area contributed by atoms with Crippen LogP contribution >= 0.6 is 23.2 Å². The minimum atomic E-state index is 0.579. The average molecular weight is 283 g/mol. The van der Waals surface area contributed by atoms with E-state index in [-0.39, 0.29) is 0 Å². The Balaban J connectivity index is 2.28. The number of nitrogens with zero attached hydrogens (tertiary/aromatic N) is 1. The summed E-state index contributed by atoms with van der Waals surface area (Å²) in [6, 6.07) is 9.77. The van der Waals surface area contributed by atoms with Crippen molar-refractivity contribution in [2.45, 2.75) is 19.9 Å². The van der Waals surface area contributed by atoms with Crippen LogP contribution < -0.4 is 5.32 Å². The molecule has 0 saturated heterocycles. The Morgan fingerprint density at radius 3 is 2.78 bits per heavy atom. The highest BCUT2D eigenvalue weighted by atomic mass is 35.5. The first-order valence-corrected chi connectivity index (χ1v) is 6.81. The lowest BCUT2D eigenvalue weighted by atomic mass is 10.3. The molecule has 0 radical (unpaired) electrons. The maximum atomic E-state index is 6.24. The Kier molecular flexibility index (Phi) is 4.70. The van der Waals surface area contributed by atoms with Gasteiger partial charge in [-0.05, 0) is 37.2 Å². The molecular formula is C14H16Cl2N2. The fourth-order valence-electron chi connectivity index (χ4n) is 1.87. The van der Waals surface area contributed by atoms with Gasteiger partial charge in [-0.3, -0.25) is 0 Å². The van der Waals surface area contributed by atoms with E-state index in [0.29, 0.717) is 10.0 Å². The molecule has 18 heavy (non-hydrogen) atoms. The smallest absolute Gasteiger partial charge is 0.0832 e. The SMILES string of the molecule is CCCNCc1cccn1-c1cccc(Cl)c1Cl. The van der Waals surface area contributed by atoms with Gasteiger partial charge in [-0.2, -0.15) is 0 Å². The monoisotopic (exact) mass is 282 g/mol. The van der Waals surface area contributed by atoms with Crippen molar-refractivity contribution in [1.29, 1.82) is 0 Å². The predicted molar refractivity (Wildman–Crippen MR) is 77.8 cm³/mol. The number of hydrogen-bond acceptors (Lipinski definition) is 1. The summed E-state index contributed by atoms with van der Waals surface area (Å²) < 4.78 is 2.07. The Bertz CT molecular complexity index is 520. The van der Waals surface area contributed by atoms with E-state index in [4.69, 9.17) is 23.2 Å². The molecule has 0 unspecified atom stereocenters. The van der Waals surface area contributed by atoms with Gasteiger partial charge >= 0.3 is 0 Å². The first-order valence-electron chi connectivity index (χ1n) is 6.05. The van der Waals surface area contributed by atoms with Crippen molar-refractivity contribution in [1.82, 2.24) is 9.88 Å². The molecule has 96 valence electrons. The molecule has 2 aromatic rings. The van der Waals surface area contributed by atoms with Crippen molar-refractivity contribution < 1.29 is 0 Å². The average Bonchev–Trinajstić information content (AvgIpc) is 2.81. The molecule has 0 aliphatic carbocycles. The minimum Gasteiger partial charge on any atom is -0.318 e. The third-order valence-electron chi connectivity index (χ3n) is 2.76. The lowest BCUT2D eigenvalue weighted by Crippen LogP contribution is -2.16. The van der Waals surface area contributed by atoms with Crippen LogP contribution in [-0.4, -0.2) is 11.1 Å². The van der Waals surface area contributed by atoms with Gasteiger partial charge in [0.2, 0.25) is 0 Å². The molecule has 2 rings (SSSR count). The molecule has 0 amide bonds. The summed E-state index contributed by atoms with van der Waals surface area (Å²) in [5, 5.41) is 4.55. The first-order chi connectivity index (χ1) is 8.74. The van der Waals surface area contributed by atoms with Crippen molar-refractivity contribution in [3.05, 3.63) is 52.3 Å². The summed E-state index contributed by atoms with van der Waals surface area (Å²) in [7, 11) is 0. The summed E-state index contributed by atoms with van der Waals surface area (Å²) >= 11 is 12.3. The maximum absolute atomic E-state index is 6.24. The van der Waals surface area contributed by atoms with E-state index >= 15 is 0 Å². The number of aromatic nitrogens is 1. The molecule has 4 heteroatoms. The number of rotatable bonds is 5. The normalized spacial score (nSPS) is 10.8. The van der Waals surface area contributed by atoms with Crippen molar-refractivity contribution >= 4 is 23.2 Å². The molecule has 1 aromatic heterocycles. The van der Waals surface area contributed by atoms with Gasteiger partial charge in [0.1, 0.15) is 0 Å². The van der Waals surface area contributed by atoms with E-state index in [1.54, 1.807) is 6.07 Å². The van der Waals surface area contributed by atoms with Gasteiger partial charge in [0, 0.05) is 18.4 Å². The van der Waals surface area contributed by atoms with Crippen LogP contribution in [0.3, 0.4) is 0 Å². The maximum Gasteiger partial charge on any atom is 0.0832 e. The fourth-order valence-corrected chi connectivity index (χ4v) is 2.25. The van der Waals surface area contributed by atoms with Crippen LogP contribution in [0.2, 0.25) is 10.0 Å². The topological polar surface area (TPSA) is 17.0 Å². The van der Waals surface area contributed by atoms with Crippen LogP contribution in [0.25, 0.3) is 5.69 Å². The molecule has 0 atom stereocenters. The summed E-state index contributed by atoms with van der Waals surface area (Å²) in [6.07, 6.45) is 3.12. The zero-order valence-corrected chi connectivity index (χ0v) is 11.8. The van der Waals surface area contributed by atoms with E-state index in [1.807, 2.05) is 24.4 Å². The van der Waals surface area contributed by atoms with E-state index in [2.05, 4.69) is 22.9 Å². The lowest BCUT2D eigenvalue weighted by Gasteiger charge is -2.12. The van der Waals surface area contributed by atoms with Crippen LogP contribution in [0.5, 0.6) is 0 Å². The standard InChI is InChI=1S/C14H16Cl2N2/c1-2-8-17-10-11-5-4-9-18(11)13-7-3-6-12(15)14(13)16/h3-7,9,17H,2,8,10H2,1H3. The van der Waals surface area contributed by atoms with E-state index < -0.39 is 0 Å². The van der Waals surface area contributed by atoms with E-state index in [9.17, 15) is 0 Å². The highest BCUT2D eigenvalue weighted by molar-refractivity contribution is 6.43. The van der Waals surface area contributed by atoms with Crippen molar-refractivity contribution in [3.63, 3.8) is 0 Å². The van der Waals surface area contributed by atoms with Crippen molar-refractivity contribution in [3.8, 4) is 5.69 Å². The van der Waals surface area contributed by atoms with Gasteiger partial charge in [-0.25, -0.2) is 0 Å². The van der Waals surface area contributed by atoms with Crippen LogP contribution in [0, 0.1) is 0 Å². The summed E-state index contributed by atoms with van der Waals surface area (Å²) in [6.45, 7) is 3.98. The number of benzene rings is 1. The predicted octanol–water partition coefficient (Wildman–Crippen LogP) is 4.28. The molecule has 1 aromatic carbocycles. The quantitative estimate of drug-likeness (QED) is 0.810. The third-order valence-corrected chi connectivity index (χ3v) is 3.57. The molecule has 1 heterocycles. The zero-order chi connectivity index (χ0) is 13.0. The molecule has 1 N–H and O–H groups in total. The Morgan fingerprint density at radius 1 is 1.17 bits per heavy atom. The Labute approximate surface area is 118 Å². The van der Waals surface area contributed by atoms with Gasteiger partial charge in [-0.15, -0.1) is 0 Å². The van der Waals surface area contributed by atoms with Gasteiger partial charge < -0.3 is 9.88 Å². The molecular weight excluding hydrogens is 267 g/mol. The van der Waals surface area contributed by atoms with E-state index in [0.717, 1.165) is 25.2 Å². The second kappa shape index (κ2) is 6.28. The molecule has 0 spiro atoms. The highest BCUT2D eigenvalue weighted by Crippen LogP contribution is 2.29. The largest absolute Gasteiger partial charge is 0.318 e. The van der Waals surface area contributed by atoms with E-state index in [1.165, 1.54) is 5.69 Å². The van der Waals surface area contributed by atoms with Crippen LogP contribution in [0.1, 0.15) is 19.0 Å².